The van der Waals surface area contributed by atoms with Crippen LogP contribution in [0.2, 0.25) is 0 Å². The SMILES string of the molecule is c1ccc(-c2nc(-c3ccc4ccccc4c3-n3c4ccccc4c4ccccc43)nc(-c3cccc4c3c3ccccc3n4-c3ccccc3)n2)cc1. The zero-order valence-corrected chi connectivity index (χ0v) is 29.1. The van der Waals surface area contributed by atoms with Crippen LogP contribution in [-0.2, 0) is 0 Å². The summed E-state index contributed by atoms with van der Waals surface area (Å²) in [5.41, 5.74) is 9.46. The molecular formula is C49H31N5. The molecule has 0 aliphatic carbocycles. The molecule has 54 heavy (non-hydrogen) atoms. The van der Waals surface area contributed by atoms with Crippen LogP contribution in [0.3, 0.4) is 0 Å². The Kier molecular flexibility index (Phi) is 6.79. The Labute approximate surface area is 311 Å². The predicted molar refractivity (Wildman–Crippen MR) is 222 cm³/mol. The van der Waals surface area contributed by atoms with E-state index in [1.54, 1.807) is 0 Å². The maximum absolute atomic E-state index is 5.43. The Morgan fingerprint density at radius 2 is 0.833 bits per heavy atom. The van der Waals surface area contributed by atoms with Crippen LogP contribution < -0.4 is 0 Å². The first-order valence-electron chi connectivity index (χ1n) is 18.2. The molecule has 0 bridgehead atoms. The highest BCUT2D eigenvalue weighted by Gasteiger charge is 2.23. The number of rotatable bonds is 5. The fourth-order valence-corrected chi connectivity index (χ4v) is 8.23. The minimum absolute atomic E-state index is 0.616. The number of fused-ring (bicyclic) bond motifs is 7. The molecule has 0 N–H and O–H groups in total. The molecule has 0 radical (unpaired) electrons. The third-order valence-electron chi connectivity index (χ3n) is 10.6. The number of para-hydroxylation sites is 4. The van der Waals surface area contributed by atoms with Gasteiger partial charge in [-0.2, -0.15) is 0 Å². The summed E-state index contributed by atoms with van der Waals surface area (Å²) in [4.78, 5) is 16.0. The molecule has 0 atom stereocenters. The van der Waals surface area contributed by atoms with Gasteiger partial charge < -0.3 is 9.13 Å². The quantitative estimate of drug-likeness (QED) is 0.181. The zero-order chi connectivity index (χ0) is 35.6. The standard InChI is InChI=1S/C49H31N5/c1-3-17-33(18-4-1)47-50-48(39-25-15-29-44-45(39)38-24-11-14-28-43(38)53(44)34-19-5-2-6-20-34)52-49(51-47)40-31-30-32-16-7-8-21-35(32)46(40)54-41-26-12-9-22-36(41)37-23-10-13-27-42(37)54/h1-31H. The van der Waals surface area contributed by atoms with Crippen molar-refractivity contribution in [1.82, 2.24) is 24.1 Å². The van der Waals surface area contributed by atoms with Gasteiger partial charge in [0.2, 0.25) is 0 Å². The van der Waals surface area contributed by atoms with Gasteiger partial charge in [-0.05, 0) is 47.9 Å². The van der Waals surface area contributed by atoms with Crippen molar-refractivity contribution in [3.8, 4) is 45.5 Å². The van der Waals surface area contributed by atoms with Crippen LogP contribution in [0, 0.1) is 0 Å². The summed E-state index contributed by atoms with van der Waals surface area (Å²) in [6, 6.07) is 66.0. The summed E-state index contributed by atoms with van der Waals surface area (Å²) in [7, 11) is 0. The Hall–Kier alpha value is -7.37. The van der Waals surface area contributed by atoms with Crippen LogP contribution in [0.5, 0.6) is 0 Å². The van der Waals surface area contributed by atoms with E-state index >= 15 is 0 Å². The molecule has 3 heterocycles. The summed E-state index contributed by atoms with van der Waals surface area (Å²) in [6.07, 6.45) is 0. The molecule has 3 aromatic heterocycles. The lowest BCUT2D eigenvalue weighted by atomic mass is 10.0. The molecular weight excluding hydrogens is 659 g/mol. The number of benzene rings is 8. The van der Waals surface area contributed by atoms with Gasteiger partial charge >= 0.3 is 0 Å². The second-order valence-electron chi connectivity index (χ2n) is 13.6. The Morgan fingerprint density at radius 3 is 1.54 bits per heavy atom. The van der Waals surface area contributed by atoms with E-state index in [1.165, 1.54) is 10.8 Å². The van der Waals surface area contributed by atoms with Crippen molar-refractivity contribution in [2.45, 2.75) is 0 Å². The van der Waals surface area contributed by atoms with E-state index in [4.69, 9.17) is 15.0 Å². The van der Waals surface area contributed by atoms with E-state index < -0.39 is 0 Å². The van der Waals surface area contributed by atoms with Crippen molar-refractivity contribution in [2.24, 2.45) is 0 Å². The highest BCUT2D eigenvalue weighted by atomic mass is 15.1. The molecule has 0 saturated carbocycles. The molecule has 11 aromatic rings. The van der Waals surface area contributed by atoms with Crippen LogP contribution in [0.1, 0.15) is 0 Å². The van der Waals surface area contributed by atoms with Crippen molar-refractivity contribution in [3.63, 3.8) is 0 Å². The Bertz CT molecular complexity index is 3160. The van der Waals surface area contributed by atoms with Crippen molar-refractivity contribution in [1.29, 1.82) is 0 Å². The maximum Gasteiger partial charge on any atom is 0.166 e. The van der Waals surface area contributed by atoms with E-state index in [9.17, 15) is 0 Å². The summed E-state index contributed by atoms with van der Waals surface area (Å²) in [5, 5.41) is 6.93. The van der Waals surface area contributed by atoms with E-state index in [0.717, 1.165) is 71.7 Å². The lowest BCUT2D eigenvalue weighted by Crippen LogP contribution is -2.04. The molecule has 0 spiro atoms. The summed E-state index contributed by atoms with van der Waals surface area (Å²) in [6.45, 7) is 0. The summed E-state index contributed by atoms with van der Waals surface area (Å²) in [5.74, 6) is 1.87. The normalized spacial score (nSPS) is 11.7. The second-order valence-corrected chi connectivity index (χ2v) is 13.6. The lowest BCUT2D eigenvalue weighted by Gasteiger charge is -2.17. The van der Waals surface area contributed by atoms with Crippen LogP contribution >= 0.6 is 0 Å². The molecule has 0 unspecified atom stereocenters. The average molecular weight is 690 g/mol. The van der Waals surface area contributed by atoms with Gasteiger partial charge in [0.1, 0.15) is 0 Å². The Balaban J connectivity index is 1.25. The van der Waals surface area contributed by atoms with Crippen LogP contribution in [0.25, 0.3) is 99.9 Å². The predicted octanol–water partition coefficient (Wildman–Crippen LogP) is 12.2. The largest absolute Gasteiger partial charge is 0.309 e. The van der Waals surface area contributed by atoms with Gasteiger partial charge in [-0.3, -0.25) is 0 Å². The van der Waals surface area contributed by atoms with Gasteiger partial charge in [-0.15, -0.1) is 0 Å². The van der Waals surface area contributed by atoms with Gasteiger partial charge in [0.15, 0.2) is 17.5 Å². The van der Waals surface area contributed by atoms with E-state index in [1.807, 2.05) is 18.2 Å². The van der Waals surface area contributed by atoms with Crippen LogP contribution in [-0.4, -0.2) is 24.1 Å². The third kappa shape index (κ3) is 4.62. The van der Waals surface area contributed by atoms with Crippen LogP contribution in [0.4, 0.5) is 0 Å². The molecule has 0 aliphatic heterocycles. The molecule has 5 nitrogen and oxygen atoms in total. The third-order valence-corrected chi connectivity index (χ3v) is 10.6. The number of aromatic nitrogens is 5. The fourth-order valence-electron chi connectivity index (χ4n) is 8.23. The first-order valence-corrected chi connectivity index (χ1v) is 18.2. The van der Waals surface area contributed by atoms with Gasteiger partial charge in [0.25, 0.3) is 0 Å². The molecule has 252 valence electrons. The minimum atomic E-state index is 0.616. The number of nitrogens with zero attached hydrogens (tertiary/aromatic N) is 5. The molecule has 0 fully saturated rings. The topological polar surface area (TPSA) is 48.5 Å². The maximum atomic E-state index is 5.43. The first-order chi connectivity index (χ1) is 26.8. The molecule has 5 heteroatoms. The van der Waals surface area contributed by atoms with Crippen LogP contribution in [0.15, 0.2) is 188 Å². The smallest absolute Gasteiger partial charge is 0.166 e. The molecule has 0 aliphatic rings. The first kappa shape index (κ1) is 30.3. The molecule has 11 rings (SSSR count). The van der Waals surface area contributed by atoms with Gasteiger partial charge in [-0.25, -0.2) is 15.0 Å². The molecule has 8 aromatic carbocycles. The van der Waals surface area contributed by atoms with E-state index in [2.05, 4.69) is 179 Å². The van der Waals surface area contributed by atoms with E-state index in [0.29, 0.717) is 17.5 Å². The van der Waals surface area contributed by atoms with E-state index in [-0.39, 0.29) is 0 Å². The molecule has 0 saturated heterocycles. The lowest BCUT2D eigenvalue weighted by molar-refractivity contribution is 1.07. The zero-order valence-electron chi connectivity index (χ0n) is 29.1. The highest BCUT2D eigenvalue weighted by Crippen LogP contribution is 2.41. The summed E-state index contributed by atoms with van der Waals surface area (Å²) < 4.78 is 4.72. The van der Waals surface area contributed by atoms with Gasteiger partial charge in [0, 0.05) is 49.3 Å². The monoisotopic (exact) mass is 689 g/mol. The number of hydrogen-bond donors (Lipinski definition) is 0. The summed E-state index contributed by atoms with van der Waals surface area (Å²) >= 11 is 0. The van der Waals surface area contributed by atoms with Crippen molar-refractivity contribution in [3.05, 3.63) is 188 Å². The number of hydrogen-bond acceptors (Lipinski definition) is 3. The van der Waals surface area contributed by atoms with Crippen molar-refractivity contribution >= 4 is 54.4 Å². The van der Waals surface area contributed by atoms with Crippen molar-refractivity contribution < 1.29 is 0 Å². The van der Waals surface area contributed by atoms with Gasteiger partial charge in [0.05, 0.1) is 27.8 Å². The average Bonchev–Trinajstić information content (AvgIpc) is 3.77. The second kappa shape index (κ2) is 12.1. The van der Waals surface area contributed by atoms with Crippen molar-refractivity contribution in [2.75, 3.05) is 0 Å². The molecule has 0 amide bonds. The highest BCUT2D eigenvalue weighted by molar-refractivity contribution is 6.15. The van der Waals surface area contributed by atoms with Gasteiger partial charge in [-0.1, -0.05) is 146 Å². The Morgan fingerprint density at radius 1 is 0.315 bits per heavy atom. The minimum Gasteiger partial charge on any atom is -0.309 e. The fraction of sp³-hybridized carbons (Fsp3) is 0.